The van der Waals surface area contributed by atoms with Crippen molar-refractivity contribution in [1.82, 2.24) is 9.80 Å². The van der Waals surface area contributed by atoms with Gasteiger partial charge in [-0.1, -0.05) is 20.8 Å². The molecular weight excluding hydrogens is 607 g/mol. The lowest BCUT2D eigenvalue weighted by Crippen LogP contribution is -2.65. The Kier molecular flexibility index (Phi) is 8.39. The van der Waals surface area contributed by atoms with Gasteiger partial charge in [-0.3, -0.25) is 24.2 Å². The van der Waals surface area contributed by atoms with E-state index in [1.807, 2.05) is 4.90 Å². The summed E-state index contributed by atoms with van der Waals surface area (Å²) in [6.45, 7) is 7.24. The van der Waals surface area contributed by atoms with Crippen molar-refractivity contribution in [2.75, 3.05) is 27.2 Å². The summed E-state index contributed by atoms with van der Waals surface area (Å²) in [6, 6.07) is -0.358. The van der Waals surface area contributed by atoms with Crippen molar-refractivity contribution in [2.45, 2.75) is 77.2 Å². The van der Waals surface area contributed by atoms with Gasteiger partial charge in [0.1, 0.15) is 22.8 Å². The number of aromatic hydroxyl groups is 1. The topological polar surface area (TPSA) is 165 Å². The molecule has 6 N–H and O–H groups in total. The molecule has 5 rings (SSSR count). The van der Waals surface area contributed by atoms with Gasteiger partial charge in [-0.2, -0.15) is 13.2 Å². The van der Waals surface area contributed by atoms with E-state index in [2.05, 4.69) is 20.8 Å². The van der Waals surface area contributed by atoms with Crippen molar-refractivity contribution in [3.05, 3.63) is 45.2 Å². The van der Waals surface area contributed by atoms with Gasteiger partial charge in [0.15, 0.2) is 11.4 Å². The lowest BCUT2D eigenvalue weighted by molar-refractivity contribution is -0.153. The summed E-state index contributed by atoms with van der Waals surface area (Å²) >= 11 is 0. The molecule has 10 nitrogen and oxygen atoms in total. The van der Waals surface area contributed by atoms with E-state index >= 15 is 0 Å². The number of Topliss-reactive ketones (excluding diaryl/α,β-unsaturated/α-hetero) is 2. The molecule has 1 aromatic rings. The molecule has 4 aliphatic carbocycles. The molecule has 0 saturated heterocycles. The van der Waals surface area contributed by atoms with Gasteiger partial charge >= 0.3 is 6.18 Å². The predicted molar refractivity (Wildman–Crippen MR) is 161 cm³/mol. The molecule has 0 radical (unpaired) electrons. The van der Waals surface area contributed by atoms with Crippen LogP contribution in [0.15, 0.2) is 23.0 Å². The fourth-order valence-electron chi connectivity index (χ4n) is 7.50. The van der Waals surface area contributed by atoms with Crippen LogP contribution in [0.1, 0.15) is 68.7 Å². The predicted octanol–water partition coefficient (Wildman–Crippen LogP) is 3.63. The number of carbonyl (C=O) groups is 3. The molecule has 1 aromatic carbocycles. The van der Waals surface area contributed by atoms with Crippen LogP contribution in [0.3, 0.4) is 0 Å². The first-order valence-electron chi connectivity index (χ1n) is 15.5. The maximum atomic E-state index is 15.0. The zero-order valence-corrected chi connectivity index (χ0v) is 26.7. The Hall–Kier alpha value is -3.42. The number of nitrogens with zero attached hydrogens (tertiary/aromatic N) is 2. The number of hydrogen-bond donors (Lipinski definition) is 5. The molecule has 1 amide bonds. The highest BCUT2D eigenvalue weighted by Crippen LogP contribution is 2.54. The minimum Gasteiger partial charge on any atom is -0.508 e. The van der Waals surface area contributed by atoms with Gasteiger partial charge in [0.2, 0.25) is 5.78 Å². The fraction of sp³-hybridized carbons (Fsp3) is 0.606. The van der Waals surface area contributed by atoms with Crippen molar-refractivity contribution in [1.29, 1.82) is 0 Å². The van der Waals surface area contributed by atoms with Crippen LogP contribution in [0.4, 0.5) is 13.2 Å². The standard InChI is InChI=1S/C33H42F3N3O7/c1-31(2,3)8-9-39(13-15-6-7-15)14-17-12-20(40)22-18(24(17)33(34,35)36)10-16-11-19-25(38(4)5)27(42)23(30(37)45)29(44)32(19,46)28(43)21(16)26(22)41/h12,15-16,19,25,40-41,44,46H,6-11,13-14H2,1-5H3,(H2,37,45)/t16-,19-,25-,32-/m0/s1. The molecule has 46 heavy (non-hydrogen) atoms. The molecule has 0 spiro atoms. The third-order valence-electron chi connectivity index (χ3n) is 9.87. The average molecular weight is 650 g/mol. The maximum absolute atomic E-state index is 15.0. The Bertz CT molecular complexity index is 1550. The van der Waals surface area contributed by atoms with Gasteiger partial charge in [-0.25, -0.2) is 0 Å². The van der Waals surface area contributed by atoms with Gasteiger partial charge < -0.3 is 26.2 Å². The number of nitrogens with two attached hydrogens (primary N) is 1. The third-order valence-corrected chi connectivity index (χ3v) is 9.87. The lowest BCUT2D eigenvalue weighted by atomic mass is 9.57. The molecule has 0 heterocycles. The van der Waals surface area contributed by atoms with Crippen molar-refractivity contribution in [3.8, 4) is 5.75 Å². The Morgan fingerprint density at radius 3 is 2.26 bits per heavy atom. The number of amides is 1. The van der Waals surface area contributed by atoms with E-state index in [0.29, 0.717) is 19.0 Å². The first-order valence-corrected chi connectivity index (χ1v) is 15.5. The molecule has 4 aliphatic rings. The highest BCUT2D eigenvalue weighted by atomic mass is 19.4. The summed E-state index contributed by atoms with van der Waals surface area (Å²) < 4.78 is 44.9. The zero-order valence-electron chi connectivity index (χ0n) is 26.7. The molecule has 4 atom stereocenters. The van der Waals surface area contributed by atoms with E-state index in [4.69, 9.17) is 5.73 Å². The van der Waals surface area contributed by atoms with Crippen molar-refractivity contribution < 1.29 is 48.0 Å². The van der Waals surface area contributed by atoms with E-state index in [9.17, 15) is 48.0 Å². The molecule has 2 saturated carbocycles. The van der Waals surface area contributed by atoms with E-state index in [1.54, 1.807) is 0 Å². The smallest absolute Gasteiger partial charge is 0.417 e. The van der Waals surface area contributed by atoms with E-state index in [1.165, 1.54) is 19.0 Å². The number of aliphatic hydroxyl groups excluding tert-OH is 2. The summed E-state index contributed by atoms with van der Waals surface area (Å²) in [6.07, 6.45) is -2.88. The molecular formula is C33H42F3N3O7. The summed E-state index contributed by atoms with van der Waals surface area (Å²) in [5.74, 6) is -8.56. The number of primary amides is 1. The number of hydrogen-bond acceptors (Lipinski definition) is 9. The summed E-state index contributed by atoms with van der Waals surface area (Å²) in [5, 5.41) is 45.2. The molecule has 0 aromatic heterocycles. The Morgan fingerprint density at radius 2 is 1.74 bits per heavy atom. The number of carbonyl (C=O) groups excluding carboxylic acids is 3. The van der Waals surface area contributed by atoms with Crippen LogP contribution >= 0.6 is 0 Å². The molecule has 252 valence electrons. The Labute approximate surface area is 265 Å². The number of phenolic OH excluding ortho intramolecular Hbond substituents is 1. The second kappa shape index (κ2) is 11.4. The number of rotatable bonds is 8. The minimum atomic E-state index is -4.88. The first kappa shape index (κ1) is 33.9. The van der Waals surface area contributed by atoms with E-state index in [-0.39, 0.29) is 29.5 Å². The first-order chi connectivity index (χ1) is 21.2. The van der Waals surface area contributed by atoms with Gasteiger partial charge in [0.25, 0.3) is 5.91 Å². The Balaban J connectivity index is 1.65. The molecule has 2 fully saturated rings. The highest BCUT2D eigenvalue weighted by Gasteiger charge is 2.64. The van der Waals surface area contributed by atoms with Crippen molar-refractivity contribution >= 4 is 23.2 Å². The number of alkyl halides is 3. The number of halogens is 3. The van der Waals surface area contributed by atoms with E-state index < -0.39 is 93.1 Å². The van der Waals surface area contributed by atoms with Crippen LogP contribution < -0.4 is 5.73 Å². The molecule has 0 bridgehead atoms. The van der Waals surface area contributed by atoms with Crippen LogP contribution in [0, 0.1) is 23.2 Å². The van der Waals surface area contributed by atoms with Gasteiger partial charge in [-0.15, -0.1) is 0 Å². The summed E-state index contributed by atoms with van der Waals surface area (Å²) in [4.78, 5) is 42.7. The number of aliphatic hydroxyl groups is 3. The summed E-state index contributed by atoms with van der Waals surface area (Å²) in [5.41, 5.74) is -1.16. The Morgan fingerprint density at radius 1 is 1.11 bits per heavy atom. The van der Waals surface area contributed by atoms with Crippen LogP contribution in [-0.4, -0.2) is 86.5 Å². The lowest BCUT2D eigenvalue weighted by Gasteiger charge is -2.50. The second-order valence-electron chi connectivity index (χ2n) is 14.7. The van der Waals surface area contributed by atoms with Gasteiger partial charge in [0, 0.05) is 24.6 Å². The monoisotopic (exact) mass is 649 g/mol. The quantitative estimate of drug-likeness (QED) is 0.265. The number of phenols is 1. The number of ketones is 2. The minimum absolute atomic E-state index is 0.0537. The van der Waals surface area contributed by atoms with Crippen LogP contribution in [0.2, 0.25) is 0 Å². The normalized spacial score (nSPS) is 26.9. The third kappa shape index (κ3) is 5.70. The van der Waals surface area contributed by atoms with Gasteiger partial charge in [-0.05, 0) is 87.2 Å². The fourth-order valence-corrected chi connectivity index (χ4v) is 7.50. The molecule has 0 aliphatic heterocycles. The number of fused-ring (bicyclic) bond motifs is 3. The van der Waals surface area contributed by atoms with Gasteiger partial charge in [0.05, 0.1) is 17.2 Å². The second-order valence-corrected chi connectivity index (χ2v) is 14.7. The number of benzene rings is 1. The average Bonchev–Trinajstić information content (AvgIpc) is 3.71. The van der Waals surface area contributed by atoms with E-state index in [0.717, 1.165) is 25.3 Å². The highest BCUT2D eigenvalue weighted by molar-refractivity contribution is 6.24. The zero-order chi connectivity index (χ0) is 34.3. The largest absolute Gasteiger partial charge is 0.508 e. The van der Waals surface area contributed by atoms with Crippen molar-refractivity contribution in [2.24, 2.45) is 28.9 Å². The van der Waals surface area contributed by atoms with Crippen LogP contribution in [0.25, 0.3) is 5.76 Å². The van der Waals surface area contributed by atoms with Crippen LogP contribution in [-0.2, 0) is 33.5 Å². The molecule has 13 heteroatoms. The SMILES string of the molecule is CN(C)[C@@H]1C(=O)C(C(N)=O)=C(O)[C@@]2(O)C(=O)C3=C(O)c4c(O)cc(CN(CCC(C)(C)C)CC5CC5)c(C(F)(F)F)c4C[C@H]3C[C@@H]12. The van der Waals surface area contributed by atoms with Crippen molar-refractivity contribution in [3.63, 3.8) is 0 Å². The molecule has 0 unspecified atom stereocenters. The maximum Gasteiger partial charge on any atom is 0.417 e. The summed E-state index contributed by atoms with van der Waals surface area (Å²) in [7, 11) is 2.90. The number of likely N-dealkylation sites (N-methyl/N-ethyl adjacent to an activating group) is 1. The van der Waals surface area contributed by atoms with Crippen LogP contribution in [0.5, 0.6) is 5.75 Å².